The average Bonchev–Trinajstić information content (AvgIpc) is 2.58. The molecular weight excluding hydrogens is 324 g/mol. The summed E-state index contributed by atoms with van der Waals surface area (Å²) in [4.78, 5) is 29.9. The van der Waals surface area contributed by atoms with Crippen LogP contribution in [0.15, 0.2) is 0 Å². The monoisotopic (exact) mass is 357 g/mol. The Morgan fingerprint density at radius 1 is 0.680 bits per heavy atom. The number of hydrogen-bond donors (Lipinski definition) is 0. The molecule has 0 aromatic heterocycles. The number of hydrogen-bond acceptors (Lipinski definition) is 5. The molecule has 0 aromatic carbocycles. The summed E-state index contributed by atoms with van der Waals surface area (Å²) in [5, 5.41) is 21.5. The van der Waals surface area contributed by atoms with Gasteiger partial charge in [-0.3, -0.25) is 25.0 Å². The van der Waals surface area contributed by atoms with Crippen molar-refractivity contribution in [1.29, 1.82) is 0 Å². The summed E-state index contributed by atoms with van der Waals surface area (Å²) in [6.45, 7) is 2.22. The maximum atomic E-state index is 10.8. The summed E-state index contributed by atoms with van der Waals surface area (Å²) in [7, 11) is 0. The Labute approximate surface area is 150 Å². The van der Waals surface area contributed by atoms with Crippen LogP contribution in [0.4, 0.5) is 0 Å². The lowest BCUT2D eigenvalue weighted by Crippen LogP contribution is -2.47. The molecule has 7 heteroatoms. The number of unbranched alkanes of at least 4 members (excludes halogenated alkanes) is 13. The molecule has 7 nitrogen and oxygen atoms in total. The van der Waals surface area contributed by atoms with E-state index in [1.54, 1.807) is 0 Å². The maximum Gasteiger partial charge on any atom is 0.523 e. The number of nitrogens with zero attached hydrogens (tertiary/aromatic N) is 2. The van der Waals surface area contributed by atoms with E-state index in [0.717, 1.165) is 25.5 Å². The zero-order valence-corrected chi connectivity index (χ0v) is 15.5. The molecule has 0 saturated carbocycles. The molecule has 0 aromatic rings. The van der Waals surface area contributed by atoms with Crippen molar-refractivity contribution >= 4 is 6.29 Å². The first kappa shape index (κ1) is 23.5. The largest absolute Gasteiger partial charge is 0.523 e. The van der Waals surface area contributed by atoms with Crippen molar-refractivity contribution in [3.05, 3.63) is 20.2 Å². The van der Waals surface area contributed by atoms with Crippen LogP contribution < -0.4 is 0 Å². The van der Waals surface area contributed by atoms with Crippen molar-refractivity contribution in [1.82, 2.24) is 0 Å². The van der Waals surface area contributed by atoms with Crippen LogP contribution in [0, 0.1) is 20.2 Å². The molecule has 0 aliphatic heterocycles. The van der Waals surface area contributed by atoms with Gasteiger partial charge in [0.1, 0.15) is 9.85 Å². The highest BCUT2D eigenvalue weighted by atomic mass is 16.7. The molecule has 0 N–H and O–H groups in total. The smallest absolute Gasteiger partial charge is 0.273 e. The van der Waals surface area contributed by atoms with Gasteiger partial charge in [0.05, 0.1) is 6.42 Å². The van der Waals surface area contributed by atoms with E-state index < -0.39 is 15.5 Å². The van der Waals surface area contributed by atoms with Crippen molar-refractivity contribution in [2.24, 2.45) is 0 Å². The molecule has 1 radical (unpaired) electrons. The minimum Gasteiger partial charge on any atom is -0.273 e. The van der Waals surface area contributed by atoms with E-state index in [1.165, 1.54) is 57.8 Å². The molecule has 0 unspecified atom stereocenters. The van der Waals surface area contributed by atoms with Gasteiger partial charge in [0.15, 0.2) is 0 Å². The molecule has 145 valence electrons. The Kier molecular flexibility index (Phi) is 13.9. The second kappa shape index (κ2) is 14.8. The van der Waals surface area contributed by atoms with Crippen LogP contribution in [0.2, 0.25) is 0 Å². The minimum absolute atomic E-state index is 0.301. The van der Waals surface area contributed by atoms with Gasteiger partial charge in [-0.15, -0.1) is 0 Å². The van der Waals surface area contributed by atoms with E-state index in [2.05, 4.69) is 6.92 Å². The quantitative estimate of drug-likeness (QED) is 0.145. The van der Waals surface area contributed by atoms with Crippen molar-refractivity contribution in [2.75, 3.05) is 0 Å². The highest BCUT2D eigenvalue weighted by Gasteiger charge is 2.57. The number of carbonyl (C=O) groups excluding carboxylic acids is 1. The fraction of sp³-hybridized carbons (Fsp3) is 0.944. The SMILES string of the molecule is CCCCCCCCCCCCCCCCC([C]=O)([N+](=O)[O-])[N+](=O)[O-]. The molecule has 0 saturated heterocycles. The van der Waals surface area contributed by atoms with Crippen LogP contribution >= 0.6 is 0 Å². The van der Waals surface area contributed by atoms with Crippen LogP contribution in [0.5, 0.6) is 0 Å². The fourth-order valence-corrected chi connectivity index (χ4v) is 2.94. The minimum atomic E-state index is -2.78. The fourth-order valence-electron chi connectivity index (χ4n) is 2.94. The molecule has 0 aliphatic carbocycles. The molecular formula is C18H33N2O5. The van der Waals surface area contributed by atoms with Crippen LogP contribution in [0.25, 0.3) is 0 Å². The Morgan fingerprint density at radius 2 is 1.00 bits per heavy atom. The second-order valence-corrected chi connectivity index (χ2v) is 6.78. The van der Waals surface area contributed by atoms with Crippen molar-refractivity contribution < 1.29 is 14.6 Å². The zero-order chi connectivity index (χ0) is 19.0. The highest BCUT2D eigenvalue weighted by molar-refractivity contribution is 5.59. The van der Waals surface area contributed by atoms with E-state index >= 15 is 0 Å². The first-order chi connectivity index (χ1) is 12.0. The van der Waals surface area contributed by atoms with Crippen LogP contribution in [-0.4, -0.2) is 21.8 Å². The van der Waals surface area contributed by atoms with Gasteiger partial charge >= 0.3 is 11.9 Å². The van der Waals surface area contributed by atoms with Gasteiger partial charge < -0.3 is 0 Å². The molecule has 0 bridgehead atoms. The Morgan fingerprint density at radius 3 is 1.28 bits per heavy atom. The van der Waals surface area contributed by atoms with E-state index in [4.69, 9.17) is 0 Å². The van der Waals surface area contributed by atoms with Crippen molar-refractivity contribution in [3.8, 4) is 0 Å². The summed E-state index contributed by atoms with van der Waals surface area (Å²) in [5.74, 6) is 0. The third-order valence-electron chi connectivity index (χ3n) is 4.65. The standard InChI is InChI=1S/C18H33N2O5/c1-2-3-4-5-6-7-8-9-10-11-12-13-14-15-16-18(17-21,19(22)23)20(24)25/h2-16H2,1H3. The van der Waals surface area contributed by atoms with E-state index in [1.807, 2.05) is 0 Å². The average molecular weight is 357 g/mol. The summed E-state index contributed by atoms with van der Waals surface area (Å²) in [6.07, 6.45) is 16.4. The molecule has 25 heavy (non-hydrogen) atoms. The van der Waals surface area contributed by atoms with Crippen molar-refractivity contribution in [3.63, 3.8) is 0 Å². The zero-order valence-electron chi connectivity index (χ0n) is 15.5. The molecule has 0 fully saturated rings. The van der Waals surface area contributed by atoms with Gasteiger partial charge in [0, 0.05) is 0 Å². The lowest BCUT2D eigenvalue weighted by molar-refractivity contribution is -0.772. The van der Waals surface area contributed by atoms with Gasteiger partial charge in [-0.05, 0) is 6.42 Å². The topological polar surface area (TPSA) is 103 Å². The third-order valence-corrected chi connectivity index (χ3v) is 4.65. The van der Waals surface area contributed by atoms with Gasteiger partial charge in [-0.2, -0.15) is 0 Å². The lowest BCUT2D eigenvalue weighted by Gasteiger charge is -2.09. The summed E-state index contributed by atoms with van der Waals surface area (Å²) in [6, 6.07) is 0. The van der Waals surface area contributed by atoms with E-state index in [0.29, 0.717) is 12.8 Å². The van der Waals surface area contributed by atoms with Crippen LogP contribution in [-0.2, 0) is 4.79 Å². The Bertz CT molecular complexity index is 374. The molecule has 0 heterocycles. The molecule has 0 spiro atoms. The first-order valence-corrected chi connectivity index (χ1v) is 9.69. The predicted octanol–water partition coefficient (Wildman–Crippen LogP) is 5.22. The van der Waals surface area contributed by atoms with Gasteiger partial charge in [-0.25, -0.2) is 0 Å². The molecule has 0 atom stereocenters. The molecule has 0 rings (SSSR count). The number of nitro groups is 2. The van der Waals surface area contributed by atoms with Gasteiger partial charge in [0.25, 0.3) is 0 Å². The molecule has 0 amide bonds. The van der Waals surface area contributed by atoms with Gasteiger partial charge in [0.2, 0.25) is 0 Å². The maximum absolute atomic E-state index is 10.8. The highest BCUT2D eigenvalue weighted by Crippen LogP contribution is 2.19. The molecule has 0 aliphatic rings. The summed E-state index contributed by atoms with van der Waals surface area (Å²) in [5.41, 5.74) is -2.78. The van der Waals surface area contributed by atoms with Gasteiger partial charge in [-0.1, -0.05) is 90.4 Å². The van der Waals surface area contributed by atoms with E-state index in [9.17, 15) is 25.0 Å². The lowest BCUT2D eigenvalue weighted by atomic mass is 10.0. The Hall–Kier alpha value is -1.53. The Balaban J connectivity index is 3.54. The second-order valence-electron chi connectivity index (χ2n) is 6.78. The van der Waals surface area contributed by atoms with Crippen LogP contribution in [0.3, 0.4) is 0 Å². The van der Waals surface area contributed by atoms with E-state index in [-0.39, 0.29) is 6.42 Å². The first-order valence-electron chi connectivity index (χ1n) is 9.69. The van der Waals surface area contributed by atoms with Crippen molar-refractivity contribution in [2.45, 2.75) is 109 Å². The third kappa shape index (κ3) is 10.1. The predicted molar refractivity (Wildman–Crippen MR) is 97.3 cm³/mol. The summed E-state index contributed by atoms with van der Waals surface area (Å²) < 4.78 is 0. The summed E-state index contributed by atoms with van der Waals surface area (Å²) >= 11 is 0. The number of rotatable bonds is 18. The van der Waals surface area contributed by atoms with Crippen LogP contribution in [0.1, 0.15) is 103 Å². The normalized spacial score (nSPS) is 11.4.